The van der Waals surface area contributed by atoms with Gasteiger partial charge in [-0.3, -0.25) is 0 Å². The molecule has 0 aliphatic rings. The Morgan fingerprint density at radius 3 is 2.50 bits per heavy atom. The number of para-hydroxylation sites is 1. The van der Waals surface area contributed by atoms with E-state index in [-0.39, 0.29) is 12.4 Å². The van der Waals surface area contributed by atoms with Crippen LogP contribution in [0.2, 0.25) is 0 Å². The Bertz CT molecular complexity index is 847. The molecule has 1 atom stereocenters. The van der Waals surface area contributed by atoms with Crippen LogP contribution < -0.4 is 4.74 Å². The number of hydrogen-bond acceptors (Lipinski definition) is 6. The van der Waals surface area contributed by atoms with Crippen molar-refractivity contribution in [1.29, 1.82) is 0 Å². The monoisotopic (exact) mass is 374 g/mol. The number of aryl methyl sites for hydroxylation is 2. The first-order valence-electron chi connectivity index (χ1n) is 8.12. The molecule has 3 rings (SSSR count). The number of aliphatic hydroxyl groups is 1. The van der Waals surface area contributed by atoms with Gasteiger partial charge in [0.05, 0.1) is 6.10 Å². The molecule has 0 fully saturated rings. The van der Waals surface area contributed by atoms with Crippen LogP contribution >= 0.6 is 11.8 Å². The highest BCUT2D eigenvalue weighted by Crippen LogP contribution is 2.25. The fourth-order valence-electron chi connectivity index (χ4n) is 2.40. The number of aliphatic hydroxyl groups excluding tert-OH is 1. The van der Waals surface area contributed by atoms with Gasteiger partial charge >= 0.3 is 0 Å². The molecule has 7 heteroatoms. The first-order chi connectivity index (χ1) is 12.5. The minimum atomic E-state index is -0.680. The molecule has 26 heavy (non-hydrogen) atoms. The van der Waals surface area contributed by atoms with E-state index in [1.165, 1.54) is 23.9 Å². The summed E-state index contributed by atoms with van der Waals surface area (Å²) in [4.78, 5) is 0. The van der Waals surface area contributed by atoms with Crippen LogP contribution in [0.4, 0.5) is 4.39 Å². The number of halogens is 1. The van der Waals surface area contributed by atoms with Crippen molar-refractivity contribution in [3.05, 3.63) is 59.4 Å². The molecule has 0 amide bonds. The molecule has 2 aromatic carbocycles. The predicted molar refractivity (Wildman–Crippen MR) is 97.8 cm³/mol. The van der Waals surface area contributed by atoms with E-state index >= 15 is 0 Å². The molecule has 1 aromatic heterocycles. The minimum Gasteiger partial charge on any atom is -0.490 e. The Labute approximate surface area is 155 Å². The number of nitrogens with zero attached hydrogens (tertiary/aromatic N) is 2. The Morgan fingerprint density at radius 2 is 1.81 bits per heavy atom. The fraction of sp³-hybridized carbons (Fsp3) is 0.263. The molecule has 5 nitrogen and oxygen atoms in total. The number of hydrogen-bond donors (Lipinski definition) is 1. The van der Waals surface area contributed by atoms with E-state index in [2.05, 4.69) is 10.2 Å². The van der Waals surface area contributed by atoms with Crippen molar-refractivity contribution >= 4 is 11.8 Å². The van der Waals surface area contributed by atoms with E-state index in [9.17, 15) is 9.50 Å². The molecule has 136 valence electrons. The second-order valence-corrected chi connectivity index (χ2v) is 6.85. The third kappa shape index (κ3) is 4.62. The smallest absolute Gasteiger partial charge is 0.276 e. The van der Waals surface area contributed by atoms with Gasteiger partial charge in [-0.25, -0.2) is 4.39 Å². The number of aromatic nitrogens is 2. The summed E-state index contributed by atoms with van der Waals surface area (Å²) >= 11 is 1.25. The maximum absolute atomic E-state index is 13.0. The molecular formula is C19H19FN2O3S. The van der Waals surface area contributed by atoms with E-state index in [4.69, 9.17) is 9.15 Å². The molecule has 1 heterocycles. The van der Waals surface area contributed by atoms with Crippen molar-refractivity contribution in [2.24, 2.45) is 0 Å². The van der Waals surface area contributed by atoms with Gasteiger partial charge in [0, 0.05) is 11.3 Å². The van der Waals surface area contributed by atoms with Crippen molar-refractivity contribution in [3.8, 4) is 17.2 Å². The topological polar surface area (TPSA) is 68.4 Å². The standard InChI is InChI=1S/C19H19FN2O3S/c1-12-4-3-5-13(2)17(12)24-10-16(23)11-26-19-22-21-18(25-19)14-6-8-15(20)9-7-14/h3-9,16,23H,10-11H2,1-2H3/t16-/m1/s1. The molecule has 0 spiro atoms. The average molecular weight is 374 g/mol. The molecule has 3 aromatic rings. The zero-order valence-electron chi connectivity index (χ0n) is 14.5. The summed E-state index contributed by atoms with van der Waals surface area (Å²) in [5, 5.41) is 18.3. The average Bonchev–Trinajstić information content (AvgIpc) is 3.09. The van der Waals surface area contributed by atoms with Gasteiger partial charge in [-0.1, -0.05) is 30.0 Å². The highest BCUT2D eigenvalue weighted by Gasteiger charge is 2.13. The van der Waals surface area contributed by atoms with Gasteiger partial charge < -0.3 is 14.3 Å². The molecule has 1 N–H and O–H groups in total. The zero-order valence-corrected chi connectivity index (χ0v) is 15.3. The third-order valence-electron chi connectivity index (χ3n) is 3.73. The van der Waals surface area contributed by atoms with E-state index in [0.717, 1.165) is 16.9 Å². The summed E-state index contributed by atoms with van der Waals surface area (Å²) in [6.45, 7) is 4.12. The van der Waals surface area contributed by atoms with Crippen LogP contribution in [0.3, 0.4) is 0 Å². The molecule has 0 aliphatic carbocycles. The zero-order chi connectivity index (χ0) is 18.5. The van der Waals surface area contributed by atoms with Gasteiger partial charge in [0.2, 0.25) is 5.89 Å². The van der Waals surface area contributed by atoms with Gasteiger partial charge in [0.15, 0.2) is 0 Å². The van der Waals surface area contributed by atoms with Crippen molar-refractivity contribution < 1.29 is 18.7 Å². The quantitative estimate of drug-likeness (QED) is 0.630. The fourth-order valence-corrected chi connectivity index (χ4v) is 3.07. The summed E-state index contributed by atoms with van der Waals surface area (Å²) in [5.41, 5.74) is 2.71. The first-order valence-corrected chi connectivity index (χ1v) is 9.11. The molecule has 0 saturated carbocycles. The van der Waals surface area contributed by atoms with Crippen LogP contribution in [0.5, 0.6) is 5.75 Å². The second kappa shape index (κ2) is 8.33. The highest BCUT2D eigenvalue weighted by atomic mass is 32.2. The van der Waals surface area contributed by atoms with Crippen molar-refractivity contribution in [2.45, 2.75) is 25.2 Å². The van der Waals surface area contributed by atoms with E-state index < -0.39 is 6.10 Å². The lowest BCUT2D eigenvalue weighted by molar-refractivity contribution is 0.125. The SMILES string of the molecule is Cc1cccc(C)c1OC[C@@H](O)CSc1nnc(-c2ccc(F)cc2)o1. The summed E-state index contributed by atoms with van der Waals surface area (Å²) in [7, 11) is 0. The summed E-state index contributed by atoms with van der Waals surface area (Å²) < 4.78 is 24.2. The predicted octanol–water partition coefficient (Wildman–Crippen LogP) is 4.02. The first kappa shape index (κ1) is 18.4. The molecule has 0 bridgehead atoms. The van der Waals surface area contributed by atoms with Crippen molar-refractivity contribution in [1.82, 2.24) is 10.2 Å². The van der Waals surface area contributed by atoms with Crippen LogP contribution in [0.25, 0.3) is 11.5 Å². The lowest BCUT2D eigenvalue weighted by atomic mass is 10.1. The Morgan fingerprint density at radius 1 is 1.12 bits per heavy atom. The van der Waals surface area contributed by atoms with Gasteiger partial charge in [0.1, 0.15) is 18.2 Å². The largest absolute Gasteiger partial charge is 0.490 e. The van der Waals surface area contributed by atoms with E-state index in [1.54, 1.807) is 12.1 Å². The van der Waals surface area contributed by atoms with Gasteiger partial charge in [-0.2, -0.15) is 0 Å². The Hall–Kier alpha value is -2.38. The highest BCUT2D eigenvalue weighted by molar-refractivity contribution is 7.99. The van der Waals surface area contributed by atoms with Crippen LogP contribution in [0.1, 0.15) is 11.1 Å². The Kier molecular flexibility index (Phi) is 5.90. The summed E-state index contributed by atoms with van der Waals surface area (Å²) in [5.74, 6) is 1.15. The minimum absolute atomic E-state index is 0.178. The number of thioether (sulfide) groups is 1. The van der Waals surface area contributed by atoms with Gasteiger partial charge in [-0.05, 0) is 49.2 Å². The lowest BCUT2D eigenvalue weighted by Gasteiger charge is -2.14. The second-order valence-electron chi connectivity index (χ2n) is 5.88. The van der Waals surface area contributed by atoms with Gasteiger partial charge in [0.25, 0.3) is 5.22 Å². The number of benzene rings is 2. The molecule has 0 aliphatic heterocycles. The summed E-state index contributed by atoms with van der Waals surface area (Å²) in [6.07, 6.45) is -0.680. The lowest BCUT2D eigenvalue weighted by Crippen LogP contribution is -2.20. The van der Waals surface area contributed by atoms with Gasteiger partial charge in [-0.15, -0.1) is 10.2 Å². The number of rotatable bonds is 7. The number of ether oxygens (including phenoxy) is 1. The van der Waals surface area contributed by atoms with Crippen LogP contribution in [0.15, 0.2) is 52.1 Å². The molecule has 0 saturated heterocycles. The maximum atomic E-state index is 13.0. The van der Waals surface area contributed by atoms with Crippen LogP contribution in [-0.2, 0) is 0 Å². The molecule has 0 unspecified atom stereocenters. The van der Waals surface area contributed by atoms with E-state index in [1.807, 2.05) is 32.0 Å². The Balaban J connectivity index is 1.52. The van der Waals surface area contributed by atoms with Crippen molar-refractivity contribution in [2.75, 3.05) is 12.4 Å². The van der Waals surface area contributed by atoms with Crippen LogP contribution in [0, 0.1) is 19.7 Å². The normalized spacial score (nSPS) is 12.2. The third-order valence-corrected chi connectivity index (χ3v) is 4.69. The van der Waals surface area contributed by atoms with Crippen molar-refractivity contribution in [3.63, 3.8) is 0 Å². The van der Waals surface area contributed by atoms with E-state index in [0.29, 0.717) is 22.4 Å². The summed E-state index contributed by atoms with van der Waals surface area (Å²) in [6, 6.07) is 11.7. The molecular weight excluding hydrogens is 355 g/mol. The molecule has 0 radical (unpaired) electrons. The van der Waals surface area contributed by atoms with Crippen LogP contribution in [-0.4, -0.2) is 33.8 Å². The maximum Gasteiger partial charge on any atom is 0.276 e.